The number of imide groups is 1. The Balaban J connectivity index is 1.41. The number of ether oxygens (including phenoxy) is 2. The molecule has 4 amide bonds. The lowest BCUT2D eigenvalue weighted by Gasteiger charge is -2.29. The Morgan fingerprint density at radius 3 is 2.20 bits per heavy atom. The van der Waals surface area contributed by atoms with Crippen molar-refractivity contribution in [3.63, 3.8) is 0 Å². The number of thioether (sulfide) groups is 1. The summed E-state index contributed by atoms with van der Waals surface area (Å²) in [7, 11) is 1.52. The molecule has 2 N–H and O–H groups in total. The van der Waals surface area contributed by atoms with Gasteiger partial charge in [-0.1, -0.05) is 23.9 Å². The van der Waals surface area contributed by atoms with Crippen LogP contribution in [0, 0.1) is 0 Å². The van der Waals surface area contributed by atoms with Crippen LogP contribution in [0.25, 0.3) is 11.4 Å². The van der Waals surface area contributed by atoms with Crippen LogP contribution in [0.5, 0.6) is 17.2 Å². The molecule has 1 aliphatic heterocycles. The lowest BCUT2D eigenvalue weighted by molar-refractivity contribution is -0.120. The molecule has 4 aromatic rings. The smallest absolute Gasteiger partial charge is 0.414 e. The highest BCUT2D eigenvalue weighted by molar-refractivity contribution is 8.15. The number of aromatic amines is 1. The first-order valence-corrected chi connectivity index (χ1v) is 15.0. The summed E-state index contributed by atoms with van der Waals surface area (Å²) < 4.78 is 11.7. The zero-order chi connectivity index (χ0) is 33.0. The Labute approximate surface area is 268 Å². The summed E-state index contributed by atoms with van der Waals surface area (Å²) in [4.78, 5) is 56.8. The summed E-state index contributed by atoms with van der Waals surface area (Å²) in [6, 6.07) is 18.7. The van der Waals surface area contributed by atoms with Crippen molar-refractivity contribution in [1.82, 2.24) is 25.9 Å². The number of carbonyl (C=O) groups excluding carboxylic acids is 4. The lowest BCUT2D eigenvalue weighted by Crippen LogP contribution is -2.37. The molecule has 0 spiro atoms. The molecule has 1 saturated heterocycles. The average molecular weight is 646 g/mol. The molecule has 1 unspecified atom stereocenters. The number of hydrogen-bond donors (Lipinski definition) is 2. The number of benzene rings is 3. The van der Waals surface area contributed by atoms with Gasteiger partial charge in [0.05, 0.1) is 10.9 Å². The average Bonchev–Trinajstić information content (AvgIpc) is 3.65. The molecule has 1 fully saturated rings. The third-order valence-corrected chi connectivity index (χ3v) is 7.48. The van der Waals surface area contributed by atoms with Crippen LogP contribution in [0.4, 0.5) is 21.0 Å². The van der Waals surface area contributed by atoms with Crippen molar-refractivity contribution < 1.29 is 33.5 Å². The van der Waals surface area contributed by atoms with Crippen LogP contribution in [0.15, 0.2) is 66.7 Å². The highest BCUT2D eigenvalue weighted by Gasteiger charge is 2.31. The Morgan fingerprint density at radius 1 is 0.935 bits per heavy atom. The lowest BCUT2D eigenvalue weighted by atomic mass is 10.1. The van der Waals surface area contributed by atoms with Crippen molar-refractivity contribution in [2.24, 2.45) is 0 Å². The van der Waals surface area contributed by atoms with Gasteiger partial charge in [-0.25, -0.2) is 9.89 Å². The van der Waals surface area contributed by atoms with E-state index < -0.39 is 22.9 Å². The van der Waals surface area contributed by atoms with Gasteiger partial charge in [-0.2, -0.15) is 0 Å². The van der Waals surface area contributed by atoms with E-state index >= 15 is 0 Å². The number of carbonyl (C=O) groups is 4. The summed E-state index contributed by atoms with van der Waals surface area (Å²) in [6.45, 7) is 6.58. The fourth-order valence-corrected chi connectivity index (χ4v) is 5.21. The molecule has 238 valence electrons. The van der Waals surface area contributed by atoms with Crippen molar-refractivity contribution in [3.8, 4) is 28.6 Å². The normalized spacial score (nSPS) is 14.4. The number of aromatic nitrogens is 4. The van der Waals surface area contributed by atoms with Gasteiger partial charge >= 0.3 is 6.09 Å². The molecular formula is C31H31N7O7S. The van der Waals surface area contributed by atoms with Crippen LogP contribution >= 0.6 is 11.8 Å². The minimum absolute atomic E-state index is 0.253. The van der Waals surface area contributed by atoms with Gasteiger partial charge in [0.1, 0.15) is 22.8 Å². The predicted molar refractivity (Wildman–Crippen MR) is 170 cm³/mol. The number of tetrazole rings is 1. The van der Waals surface area contributed by atoms with Crippen LogP contribution in [0.3, 0.4) is 0 Å². The molecule has 5 rings (SSSR count). The number of amides is 4. The highest BCUT2D eigenvalue weighted by Crippen LogP contribution is 2.36. The molecule has 1 aromatic heterocycles. The quantitative estimate of drug-likeness (QED) is 0.227. The fourth-order valence-electron chi connectivity index (χ4n) is 4.35. The van der Waals surface area contributed by atoms with E-state index in [-0.39, 0.29) is 22.5 Å². The van der Waals surface area contributed by atoms with Crippen LogP contribution < -0.4 is 24.9 Å². The number of hydroxylamine groups is 1. The van der Waals surface area contributed by atoms with Crippen LogP contribution in [0.2, 0.25) is 0 Å². The molecule has 0 radical (unpaired) electrons. The number of H-pyrrole nitrogens is 1. The van der Waals surface area contributed by atoms with Gasteiger partial charge in [0.2, 0.25) is 5.91 Å². The van der Waals surface area contributed by atoms with Crippen LogP contribution in [-0.4, -0.2) is 61.7 Å². The third kappa shape index (κ3) is 7.79. The van der Waals surface area contributed by atoms with E-state index in [2.05, 4.69) is 25.9 Å². The first kappa shape index (κ1) is 32.0. The van der Waals surface area contributed by atoms with E-state index in [0.29, 0.717) is 29.5 Å². The fraction of sp³-hybridized carbons (Fsp3) is 0.258. The molecule has 14 nitrogen and oxygen atoms in total. The van der Waals surface area contributed by atoms with Crippen LogP contribution in [-0.2, 0) is 20.7 Å². The van der Waals surface area contributed by atoms with E-state index in [1.54, 1.807) is 87.5 Å². The SMILES string of the molecule is CC(=O)N(Oc1ccc(CC2SC(=O)NC2=O)cc1)c1ccc(Oc2ccc(-c3nnn[nH]3)cc2)cc1N(C)C(=O)OC(C)(C)C. The van der Waals surface area contributed by atoms with Gasteiger partial charge < -0.3 is 14.3 Å². The standard InChI is InChI=1S/C31H31N7O7S/c1-18(39)38(45-22-10-6-19(7-11-22)16-26-28(40)32-29(41)46-26)24-15-14-23(17-25(24)37(5)30(42)44-31(2,3)4)43-21-12-8-20(9-13-21)27-33-35-36-34-27/h6-15,17,26H,16H2,1-5H3,(H,32,40,41)(H,33,34,35,36). The van der Waals surface area contributed by atoms with E-state index in [1.807, 2.05) is 0 Å². The Kier molecular flexibility index (Phi) is 9.23. The topological polar surface area (TPSA) is 169 Å². The van der Waals surface area contributed by atoms with Crippen LogP contribution in [0.1, 0.15) is 33.3 Å². The molecule has 0 aliphatic carbocycles. The molecule has 15 heteroatoms. The summed E-state index contributed by atoms with van der Waals surface area (Å²) in [5.74, 6) is 0.926. The van der Waals surface area contributed by atoms with Gasteiger partial charge in [-0.05, 0) is 91.7 Å². The number of rotatable bonds is 9. The first-order valence-electron chi connectivity index (χ1n) is 14.1. The monoisotopic (exact) mass is 645 g/mol. The highest BCUT2D eigenvalue weighted by atomic mass is 32.2. The minimum Gasteiger partial charge on any atom is -0.457 e. The Morgan fingerprint density at radius 2 is 1.61 bits per heavy atom. The van der Waals surface area contributed by atoms with Crippen molar-refractivity contribution in [3.05, 3.63) is 72.3 Å². The van der Waals surface area contributed by atoms with Crippen molar-refractivity contribution in [1.29, 1.82) is 0 Å². The molecule has 1 atom stereocenters. The molecule has 46 heavy (non-hydrogen) atoms. The second-order valence-electron chi connectivity index (χ2n) is 11.2. The first-order chi connectivity index (χ1) is 21.9. The number of hydrogen-bond acceptors (Lipinski definition) is 11. The Bertz CT molecular complexity index is 1740. The maximum Gasteiger partial charge on any atom is 0.414 e. The predicted octanol–water partition coefficient (Wildman–Crippen LogP) is 5.27. The molecule has 3 aromatic carbocycles. The zero-order valence-electron chi connectivity index (χ0n) is 25.6. The minimum atomic E-state index is -0.774. The second-order valence-corrected chi connectivity index (χ2v) is 12.4. The van der Waals surface area contributed by atoms with Gasteiger partial charge in [-0.15, -0.1) is 10.2 Å². The molecular weight excluding hydrogens is 614 g/mol. The summed E-state index contributed by atoms with van der Waals surface area (Å²) in [5, 5.41) is 16.2. The summed E-state index contributed by atoms with van der Waals surface area (Å²) >= 11 is 0.951. The maximum absolute atomic E-state index is 13.2. The summed E-state index contributed by atoms with van der Waals surface area (Å²) in [6.07, 6.45) is -0.304. The number of nitrogens with one attached hydrogen (secondary N) is 2. The van der Waals surface area contributed by atoms with Gasteiger partial charge in [0, 0.05) is 25.6 Å². The molecule has 1 aliphatic rings. The largest absolute Gasteiger partial charge is 0.457 e. The van der Waals surface area contributed by atoms with E-state index in [4.69, 9.17) is 14.3 Å². The third-order valence-electron chi connectivity index (χ3n) is 6.50. The molecule has 0 saturated carbocycles. The number of nitrogens with zero attached hydrogens (tertiary/aromatic N) is 5. The zero-order valence-corrected chi connectivity index (χ0v) is 26.5. The Hall–Kier alpha value is -5.44. The summed E-state index contributed by atoms with van der Waals surface area (Å²) in [5.41, 5.74) is 1.32. The maximum atomic E-state index is 13.2. The number of anilines is 2. The van der Waals surface area contributed by atoms with E-state index in [0.717, 1.165) is 28.0 Å². The second kappa shape index (κ2) is 13.3. The van der Waals surface area contributed by atoms with Gasteiger partial charge in [0.25, 0.3) is 11.1 Å². The van der Waals surface area contributed by atoms with Crippen molar-refractivity contribution in [2.45, 2.75) is 45.0 Å². The van der Waals surface area contributed by atoms with E-state index in [9.17, 15) is 19.2 Å². The van der Waals surface area contributed by atoms with Crippen molar-refractivity contribution in [2.75, 3.05) is 17.0 Å². The van der Waals surface area contributed by atoms with E-state index in [1.165, 1.54) is 18.9 Å². The van der Waals surface area contributed by atoms with Crippen molar-refractivity contribution >= 4 is 46.3 Å². The molecule has 0 bridgehead atoms. The van der Waals surface area contributed by atoms with Gasteiger partial charge in [-0.3, -0.25) is 24.6 Å². The molecule has 2 heterocycles. The van der Waals surface area contributed by atoms with Gasteiger partial charge in [0.15, 0.2) is 11.6 Å².